The minimum Gasteiger partial charge on any atom is -0.307 e. The summed E-state index contributed by atoms with van der Waals surface area (Å²) in [4.78, 5) is 7.69. The molecule has 0 unspecified atom stereocenters. The van der Waals surface area contributed by atoms with E-state index in [0.717, 1.165) is 111 Å². The number of aryl methyl sites for hydroxylation is 2. The van der Waals surface area contributed by atoms with Crippen LogP contribution in [0, 0.1) is 43.4 Å². The summed E-state index contributed by atoms with van der Waals surface area (Å²) in [5.41, 5.74) is 14.2. The zero-order chi connectivity index (χ0) is 50.5. The van der Waals surface area contributed by atoms with Crippen LogP contribution < -0.4 is 9.80 Å². The molecule has 0 saturated carbocycles. The molecule has 0 spiro atoms. The van der Waals surface area contributed by atoms with Crippen molar-refractivity contribution in [3.8, 4) is 50.6 Å². The van der Waals surface area contributed by atoms with Crippen LogP contribution in [-0.4, -0.2) is 0 Å². The Morgan fingerprint density at radius 3 is 1.16 bits per heavy atom. The Balaban J connectivity index is 1.11. The lowest BCUT2D eigenvalue weighted by atomic mass is 9.91. The first-order chi connectivity index (χ1) is 36.2. The maximum Gasteiger partial charge on any atom is 0.187 e. The van der Waals surface area contributed by atoms with E-state index in [1.165, 1.54) is 0 Å². The van der Waals surface area contributed by atoms with Gasteiger partial charge >= 0.3 is 0 Å². The molecule has 12 aromatic rings. The van der Waals surface area contributed by atoms with E-state index < -0.39 is 0 Å². The maximum absolute atomic E-state index is 16.9. The Kier molecular flexibility index (Phi) is 11.4. The molecule has 0 N–H and O–H groups in total. The lowest BCUT2D eigenvalue weighted by Crippen LogP contribution is -2.13. The molecule has 12 aromatic carbocycles. The highest BCUT2D eigenvalue weighted by Gasteiger charge is 2.26. The first-order valence-corrected chi connectivity index (χ1v) is 24.4. The van der Waals surface area contributed by atoms with Crippen molar-refractivity contribution < 1.29 is 8.78 Å². The van der Waals surface area contributed by atoms with E-state index in [1.54, 1.807) is 12.1 Å². The molecule has 6 heteroatoms. The Hall–Kier alpha value is -9.88. The van der Waals surface area contributed by atoms with Crippen LogP contribution in [0.2, 0.25) is 0 Å². The highest BCUT2D eigenvalue weighted by atomic mass is 19.1. The van der Waals surface area contributed by atoms with Gasteiger partial charge < -0.3 is 9.80 Å². The van der Waals surface area contributed by atoms with E-state index >= 15 is 8.78 Å². The lowest BCUT2D eigenvalue weighted by molar-refractivity contribution is 0.627. The SMILES string of the molecule is [C-]#[N+]c1ccc(-c2cc(-c3ccccc3)cc(N(c3ccc(C)cc3F)c3ccc4ccc5c(N(c6cc(-c7ccccc7)cc(-c7ccc(C#N)cc7)c6)c6ccc(C)cc6F)ccc6ccc3c4c65)c2)cc1. The Morgan fingerprint density at radius 2 is 0.770 bits per heavy atom. The minimum atomic E-state index is -0.363. The monoisotopic (exact) mass is 954 g/mol. The lowest BCUT2D eigenvalue weighted by Gasteiger charge is -2.30. The molecule has 0 aliphatic carbocycles. The van der Waals surface area contributed by atoms with Crippen LogP contribution in [-0.2, 0) is 0 Å². The van der Waals surface area contributed by atoms with Crippen LogP contribution in [0.25, 0.3) is 81.7 Å². The number of anilines is 6. The van der Waals surface area contributed by atoms with Gasteiger partial charge in [0.1, 0.15) is 11.6 Å². The van der Waals surface area contributed by atoms with Gasteiger partial charge in [0, 0.05) is 22.1 Å². The molecule has 0 bridgehead atoms. The van der Waals surface area contributed by atoms with Gasteiger partial charge in [-0.15, -0.1) is 0 Å². The van der Waals surface area contributed by atoms with Gasteiger partial charge in [0.25, 0.3) is 0 Å². The van der Waals surface area contributed by atoms with E-state index in [0.29, 0.717) is 22.6 Å². The van der Waals surface area contributed by atoms with Crippen molar-refractivity contribution in [3.05, 3.63) is 270 Å². The third kappa shape index (κ3) is 8.21. The molecule has 0 heterocycles. The molecule has 0 aliphatic rings. The third-order valence-electron chi connectivity index (χ3n) is 14.0. The van der Waals surface area contributed by atoms with Crippen LogP contribution >= 0.6 is 0 Å². The summed E-state index contributed by atoms with van der Waals surface area (Å²) in [5, 5.41) is 15.5. The summed E-state index contributed by atoms with van der Waals surface area (Å²) in [6, 6.07) is 78.0. The number of hydrogen-bond acceptors (Lipinski definition) is 3. The second kappa shape index (κ2) is 18.7. The van der Waals surface area contributed by atoms with Crippen molar-refractivity contribution >= 4 is 72.1 Å². The Bertz CT molecular complexity index is 3920. The summed E-state index contributed by atoms with van der Waals surface area (Å²) in [5.74, 6) is -0.724. The molecule has 0 aromatic heterocycles. The van der Waals surface area contributed by atoms with Crippen LogP contribution in [0.1, 0.15) is 16.7 Å². The zero-order valence-corrected chi connectivity index (χ0v) is 40.5. The van der Waals surface area contributed by atoms with E-state index in [-0.39, 0.29) is 11.6 Å². The molecule has 350 valence electrons. The van der Waals surface area contributed by atoms with E-state index in [9.17, 15) is 5.26 Å². The summed E-state index contributed by atoms with van der Waals surface area (Å²) < 4.78 is 33.8. The van der Waals surface area contributed by atoms with E-state index in [4.69, 9.17) is 6.57 Å². The van der Waals surface area contributed by atoms with Crippen molar-refractivity contribution in [1.82, 2.24) is 0 Å². The average molecular weight is 955 g/mol. The molecule has 12 rings (SSSR count). The normalized spacial score (nSPS) is 11.2. The fraction of sp³-hybridized carbons (Fsp3) is 0.0294. The zero-order valence-electron chi connectivity index (χ0n) is 40.5. The van der Waals surface area contributed by atoms with Crippen molar-refractivity contribution in [2.75, 3.05) is 9.80 Å². The average Bonchev–Trinajstić information content (AvgIpc) is 3.46. The van der Waals surface area contributed by atoms with Crippen molar-refractivity contribution in [2.24, 2.45) is 0 Å². The fourth-order valence-corrected chi connectivity index (χ4v) is 10.4. The molecule has 0 aliphatic heterocycles. The number of hydrogen-bond donors (Lipinski definition) is 0. The standard InChI is InChI=1S/C68H44F2N4/c1-43-14-30-65(61(69)34-43)73(57-38-52(46-10-6-4-7-11-46)36-54(40-57)48-18-16-45(42-71)17-19-48)63-32-24-50-23-29-60-64(33-25-51-22-28-59(63)67(50)68(51)60)74(66-31-15-44(2)35-62(66)70)58-39-53(47-12-8-5-9-13-47)37-55(41-58)49-20-26-56(72-3)27-21-49/h4-41H,1-2H3. The molecular formula is C68H44F2N4. The minimum absolute atomic E-state index is 0.361. The summed E-state index contributed by atoms with van der Waals surface area (Å²) >= 11 is 0. The van der Waals surface area contributed by atoms with Gasteiger partial charge in [0.15, 0.2) is 5.69 Å². The van der Waals surface area contributed by atoms with E-state index in [2.05, 4.69) is 120 Å². The van der Waals surface area contributed by atoms with Gasteiger partial charge in [-0.2, -0.15) is 5.26 Å². The molecule has 0 atom stereocenters. The van der Waals surface area contributed by atoms with Crippen LogP contribution in [0.3, 0.4) is 0 Å². The van der Waals surface area contributed by atoms with Crippen molar-refractivity contribution in [2.45, 2.75) is 13.8 Å². The summed E-state index contributed by atoms with van der Waals surface area (Å²) in [7, 11) is 0. The maximum atomic E-state index is 16.9. The molecule has 0 saturated heterocycles. The second-order valence-corrected chi connectivity index (χ2v) is 18.8. The van der Waals surface area contributed by atoms with E-state index in [1.807, 2.05) is 133 Å². The molecule has 0 amide bonds. The second-order valence-electron chi connectivity index (χ2n) is 18.8. The smallest absolute Gasteiger partial charge is 0.187 e. The third-order valence-corrected chi connectivity index (χ3v) is 14.0. The molecule has 74 heavy (non-hydrogen) atoms. The first-order valence-electron chi connectivity index (χ1n) is 24.4. The van der Waals surface area contributed by atoms with Gasteiger partial charge in [-0.3, -0.25) is 0 Å². The van der Waals surface area contributed by atoms with Gasteiger partial charge in [-0.1, -0.05) is 146 Å². The summed E-state index contributed by atoms with van der Waals surface area (Å²) in [6.07, 6.45) is 0. The summed E-state index contributed by atoms with van der Waals surface area (Å²) in [6.45, 7) is 11.4. The number of rotatable bonds is 10. The van der Waals surface area contributed by atoms with Crippen LogP contribution in [0.15, 0.2) is 231 Å². The molecule has 0 fully saturated rings. The van der Waals surface area contributed by atoms with Crippen LogP contribution in [0.5, 0.6) is 0 Å². The molecule has 0 radical (unpaired) electrons. The predicted octanol–water partition coefficient (Wildman–Crippen LogP) is 19.5. The van der Waals surface area contributed by atoms with Crippen molar-refractivity contribution in [3.63, 3.8) is 0 Å². The Labute approximate surface area is 428 Å². The first kappa shape index (κ1) is 45.3. The largest absolute Gasteiger partial charge is 0.307 e. The molecular weight excluding hydrogens is 911 g/mol. The predicted molar refractivity (Wildman–Crippen MR) is 302 cm³/mol. The number of nitriles is 1. The Morgan fingerprint density at radius 1 is 0.392 bits per heavy atom. The van der Waals surface area contributed by atoms with Gasteiger partial charge in [0.2, 0.25) is 0 Å². The topological polar surface area (TPSA) is 34.6 Å². The highest BCUT2D eigenvalue weighted by Crippen LogP contribution is 2.50. The molecule has 4 nitrogen and oxygen atoms in total. The van der Waals surface area contributed by atoms with Gasteiger partial charge in [0.05, 0.1) is 41.0 Å². The van der Waals surface area contributed by atoms with Gasteiger partial charge in [-0.05, 0) is 176 Å². The number of halogens is 2. The van der Waals surface area contributed by atoms with Gasteiger partial charge in [-0.25, -0.2) is 13.6 Å². The highest BCUT2D eigenvalue weighted by molar-refractivity contribution is 6.28. The quantitative estimate of drug-likeness (QED) is 0.101. The number of benzene rings is 12. The fourth-order valence-electron chi connectivity index (χ4n) is 10.4. The van der Waals surface area contributed by atoms with Crippen LogP contribution in [0.4, 0.5) is 48.6 Å². The van der Waals surface area contributed by atoms with Crippen molar-refractivity contribution in [1.29, 1.82) is 5.26 Å². The number of nitrogens with zero attached hydrogens (tertiary/aromatic N) is 4.